The third kappa shape index (κ3) is 3.06. The first-order chi connectivity index (χ1) is 8.16. The first kappa shape index (κ1) is 12.1. The summed E-state index contributed by atoms with van der Waals surface area (Å²) in [6.45, 7) is 1.98. The number of anilines is 1. The lowest BCUT2D eigenvalue weighted by Gasteiger charge is -2.07. The fraction of sp³-hybridized carbons (Fsp3) is 0.0714. The Balaban J connectivity index is 2.17. The van der Waals surface area contributed by atoms with Crippen LogP contribution in [-0.4, -0.2) is 5.91 Å². The molecule has 0 bridgehead atoms. The Morgan fingerprint density at radius 2 is 1.71 bits per heavy atom. The van der Waals surface area contributed by atoms with Crippen molar-refractivity contribution in [1.29, 1.82) is 0 Å². The summed E-state index contributed by atoms with van der Waals surface area (Å²) < 4.78 is 1.12. The smallest absolute Gasteiger partial charge is 0.255 e. The number of aryl methyl sites for hydroxylation is 1. The van der Waals surface area contributed by atoms with Crippen molar-refractivity contribution in [2.75, 3.05) is 5.32 Å². The zero-order valence-electron chi connectivity index (χ0n) is 9.41. The Morgan fingerprint density at radius 3 is 2.35 bits per heavy atom. The molecule has 86 valence electrons. The van der Waals surface area contributed by atoms with Crippen LogP contribution in [0.5, 0.6) is 0 Å². The highest BCUT2D eigenvalue weighted by Crippen LogP contribution is 2.15. The molecule has 0 aromatic heterocycles. The highest BCUT2D eigenvalue weighted by atomic mass is 127. The van der Waals surface area contributed by atoms with Gasteiger partial charge in [0.25, 0.3) is 5.91 Å². The van der Waals surface area contributed by atoms with Gasteiger partial charge < -0.3 is 5.32 Å². The Hall–Kier alpha value is -1.36. The second kappa shape index (κ2) is 5.31. The van der Waals surface area contributed by atoms with Crippen molar-refractivity contribution < 1.29 is 4.79 Å². The minimum absolute atomic E-state index is 0.0734. The van der Waals surface area contributed by atoms with Gasteiger partial charge in [0.15, 0.2) is 0 Å². The van der Waals surface area contributed by atoms with E-state index in [1.165, 1.54) is 0 Å². The van der Waals surface area contributed by atoms with Crippen LogP contribution in [0.4, 0.5) is 5.69 Å². The van der Waals surface area contributed by atoms with E-state index in [2.05, 4.69) is 27.9 Å². The summed E-state index contributed by atoms with van der Waals surface area (Å²) in [5.74, 6) is -0.0734. The number of para-hydroxylation sites is 1. The maximum absolute atomic E-state index is 12.0. The number of amides is 1. The summed E-state index contributed by atoms with van der Waals surface area (Å²) >= 11 is 2.22. The highest BCUT2D eigenvalue weighted by molar-refractivity contribution is 14.1. The third-order valence-corrected chi connectivity index (χ3v) is 3.22. The molecule has 3 heteroatoms. The number of benzene rings is 2. The van der Waals surface area contributed by atoms with E-state index in [9.17, 15) is 4.79 Å². The van der Waals surface area contributed by atoms with Crippen LogP contribution in [0.1, 0.15) is 15.9 Å². The van der Waals surface area contributed by atoms with Crippen LogP contribution < -0.4 is 5.32 Å². The Bertz CT molecular complexity index is 534. The SMILES string of the molecule is Cc1ccccc1NC(=O)c1ccc(I)cc1. The van der Waals surface area contributed by atoms with E-state index < -0.39 is 0 Å². The largest absolute Gasteiger partial charge is 0.322 e. The zero-order valence-corrected chi connectivity index (χ0v) is 11.6. The molecule has 0 saturated carbocycles. The molecule has 0 saturated heterocycles. The average molecular weight is 337 g/mol. The fourth-order valence-electron chi connectivity index (χ4n) is 1.51. The van der Waals surface area contributed by atoms with E-state index in [-0.39, 0.29) is 5.91 Å². The maximum atomic E-state index is 12.0. The molecule has 0 heterocycles. The van der Waals surface area contributed by atoms with Crippen molar-refractivity contribution in [2.45, 2.75) is 6.92 Å². The Morgan fingerprint density at radius 1 is 1.06 bits per heavy atom. The first-order valence-electron chi connectivity index (χ1n) is 5.29. The quantitative estimate of drug-likeness (QED) is 0.829. The van der Waals surface area contributed by atoms with Gasteiger partial charge in [-0.1, -0.05) is 18.2 Å². The van der Waals surface area contributed by atoms with E-state index in [4.69, 9.17) is 0 Å². The summed E-state index contributed by atoms with van der Waals surface area (Å²) in [5, 5.41) is 2.90. The fourth-order valence-corrected chi connectivity index (χ4v) is 1.87. The monoisotopic (exact) mass is 337 g/mol. The lowest BCUT2D eigenvalue weighted by molar-refractivity contribution is 0.102. The summed E-state index contributed by atoms with van der Waals surface area (Å²) in [6, 6.07) is 15.3. The molecule has 0 aliphatic heterocycles. The molecule has 0 fully saturated rings. The molecule has 0 atom stereocenters. The van der Waals surface area contributed by atoms with E-state index >= 15 is 0 Å². The average Bonchev–Trinajstić information content (AvgIpc) is 2.33. The van der Waals surface area contributed by atoms with E-state index in [0.29, 0.717) is 5.56 Å². The van der Waals surface area contributed by atoms with Gasteiger partial charge in [0.1, 0.15) is 0 Å². The van der Waals surface area contributed by atoms with E-state index in [1.54, 1.807) is 0 Å². The predicted octanol–water partition coefficient (Wildman–Crippen LogP) is 3.85. The molecule has 0 aliphatic carbocycles. The summed E-state index contributed by atoms with van der Waals surface area (Å²) in [4.78, 5) is 12.0. The van der Waals surface area contributed by atoms with Gasteiger partial charge in [0.2, 0.25) is 0 Å². The number of nitrogens with one attached hydrogen (secondary N) is 1. The Kier molecular flexibility index (Phi) is 3.78. The molecule has 2 aromatic carbocycles. The van der Waals surface area contributed by atoms with Crippen LogP contribution >= 0.6 is 22.6 Å². The van der Waals surface area contributed by atoms with Crippen LogP contribution in [0, 0.1) is 10.5 Å². The van der Waals surface area contributed by atoms with Crippen LogP contribution in [0.3, 0.4) is 0 Å². The van der Waals surface area contributed by atoms with Crippen LogP contribution in [-0.2, 0) is 0 Å². The number of halogens is 1. The molecule has 2 nitrogen and oxygen atoms in total. The van der Waals surface area contributed by atoms with Gasteiger partial charge in [-0.15, -0.1) is 0 Å². The summed E-state index contributed by atoms with van der Waals surface area (Å²) in [5.41, 5.74) is 2.59. The topological polar surface area (TPSA) is 29.1 Å². The molecule has 2 aromatic rings. The molecule has 1 amide bonds. The number of hydrogen-bond donors (Lipinski definition) is 1. The van der Waals surface area contributed by atoms with Gasteiger partial charge in [-0.2, -0.15) is 0 Å². The van der Waals surface area contributed by atoms with Crippen molar-refractivity contribution in [3.8, 4) is 0 Å². The first-order valence-corrected chi connectivity index (χ1v) is 6.37. The summed E-state index contributed by atoms with van der Waals surface area (Å²) in [7, 11) is 0. The molecule has 0 aliphatic rings. The van der Waals surface area contributed by atoms with Crippen molar-refractivity contribution >= 4 is 34.2 Å². The molecular formula is C14H12INO. The van der Waals surface area contributed by atoms with E-state index in [1.807, 2.05) is 55.5 Å². The number of hydrogen-bond acceptors (Lipinski definition) is 1. The van der Waals surface area contributed by atoms with Crippen molar-refractivity contribution in [3.63, 3.8) is 0 Å². The lowest BCUT2D eigenvalue weighted by atomic mass is 10.1. The molecule has 0 spiro atoms. The number of carbonyl (C=O) groups is 1. The van der Waals surface area contributed by atoms with Crippen molar-refractivity contribution in [1.82, 2.24) is 0 Å². The van der Waals surface area contributed by atoms with Crippen LogP contribution in [0.15, 0.2) is 48.5 Å². The zero-order chi connectivity index (χ0) is 12.3. The molecule has 1 N–H and O–H groups in total. The van der Waals surface area contributed by atoms with Gasteiger partial charge in [0.05, 0.1) is 0 Å². The third-order valence-electron chi connectivity index (χ3n) is 2.50. The van der Waals surface area contributed by atoms with E-state index in [0.717, 1.165) is 14.8 Å². The summed E-state index contributed by atoms with van der Waals surface area (Å²) in [6.07, 6.45) is 0. The second-order valence-corrected chi connectivity index (χ2v) is 5.02. The number of rotatable bonds is 2. The standard InChI is InChI=1S/C14H12INO/c1-10-4-2-3-5-13(10)16-14(17)11-6-8-12(15)9-7-11/h2-9H,1H3,(H,16,17). The van der Waals surface area contributed by atoms with Gasteiger partial charge in [-0.05, 0) is 65.4 Å². The lowest BCUT2D eigenvalue weighted by Crippen LogP contribution is -2.12. The predicted molar refractivity (Wildman–Crippen MR) is 78.3 cm³/mol. The number of carbonyl (C=O) groups excluding carboxylic acids is 1. The van der Waals surface area contributed by atoms with Crippen molar-refractivity contribution in [2.24, 2.45) is 0 Å². The molecular weight excluding hydrogens is 325 g/mol. The molecule has 0 unspecified atom stereocenters. The molecule has 2 rings (SSSR count). The normalized spacial score (nSPS) is 10.0. The Labute approximate surface area is 114 Å². The second-order valence-electron chi connectivity index (χ2n) is 3.78. The van der Waals surface area contributed by atoms with Gasteiger partial charge in [0, 0.05) is 14.8 Å². The molecule has 17 heavy (non-hydrogen) atoms. The molecule has 0 radical (unpaired) electrons. The van der Waals surface area contributed by atoms with Gasteiger partial charge in [-0.3, -0.25) is 4.79 Å². The minimum atomic E-state index is -0.0734. The van der Waals surface area contributed by atoms with Crippen LogP contribution in [0.25, 0.3) is 0 Å². The maximum Gasteiger partial charge on any atom is 0.255 e. The highest BCUT2D eigenvalue weighted by Gasteiger charge is 2.06. The van der Waals surface area contributed by atoms with Gasteiger partial charge >= 0.3 is 0 Å². The van der Waals surface area contributed by atoms with Crippen molar-refractivity contribution in [3.05, 3.63) is 63.2 Å². The minimum Gasteiger partial charge on any atom is -0.322 e. The van der Waals surface area contributed by atoms with Crippen LogP contribution in [0.2, 0.25) is 0 Å². The van der Waals surface area contributed by atoms with Gasteiger partial charge in [-0.25, -0.2) is 0 Å².